The number of nitriles is 1. The predicted octanol–water partition coefficient (Wildman–Crippen LogP) is 4.86. The second-order valence-corrected chi connectivity index (χ2v) is 8.72. The van der Waals surface area contributed by atoms with Crippen LogP contribution < -0.4 is 10.1 Å². The maximum Gasteiger partial charge on any atom is 0.336 e. The highest BCUT2D eigenvalue weighted by Crippen LogP contribution is 2.48. The highest BCUT2D eigenvalue weighted by Gasteiger charge is 2.43. The van der Waals surface area contributed by atoms with Crippen LogP contribution >= 0.6 is 31.9 Å². The first kappa shape index (κ1) is 21.3. The number of benzene rings is 2. The second-order valence-electron chi connectivity index (χ2n) is 7.01. The van der Waals surface area contributed by atoms with Gasteiger partial charge in [-0.15, -0.1) is 0 Å². The van der Waals surface area contributed by atoms with E-state index in [1.165, 1.54) is 7.11 Å². The highest BCUT2D eigenvalue weighted by atomic mass is 79.9. The molecule has 8 heteroatoms. The molecule has 0 amide bonds. The summed E-state index contributed by atoms with van der Waals surface area (Å²) in [5.74, 6) is -0.813. The Labute approximate surface area is 195 Å². The summed E-state index contributed by atoms with van der Waals surface area (Å²) in [4.78, 5) is 26.2. The number of Topliss-reactive ketones (excluding diaryl/α,β-unsaturated/α-hetero) is 1. The van der Waals surface area contributed by atoms with Gasteiger partial charge in [-0.1, -0.05) is 24.3 Å². The van der Waals surface area contributed by atoms with Crippen molar-refractivity contribution in [2.24, 2.45) is 0 Å². The van der Waals surface area contributed by atoms with Crippen molar-refractivity contribution >= 4 is 49.3 Å². The Kier molecular flexibility index (Phi) is 5.73. The first-order valence-corrected chi connectivity index (χ1v) is 10.9. The van der Waals surface area contributed by atoms with Crippen LogP contribution in [0.1, 0.15) is 34.3 Å². The molecule has 1 atom stereocenters. The van der Waals surface area contributed by atoms with Crippen molar-refractivity contribution in [1.82, 2.24) is 5.32 Å². The van der Waals surface area contributed by atoms with Crippen LogP contribution in [0.25, 0.3) is 5.70 Å². The lowest BCUT2D eigenvalue weighted by Gasteiger charge is -2.29. The number of ether oxygens (including phenoxy) is 2. The molecule has 0 fully saturated rings. The van der Waals surface area contributed by atoms with Gasteiger partial charge in [0, 0.05) is 28.3 Å². The van der Waals surface area contributed by atoms with E-state index in [1.54, 1.807) is 25.1 Å². The van der Waals surface area contributed by atoms with Crippen LogP contribution in [0.15, 0.2) is 62.2 Å². The van der Waals surface area contributed by atoms with Gasteiger partial charge >= 0.3 is 5.97 Å². The Morgan fingerprint density at radius 2 is 1.84 bits per heavy atom. The first-order chi connectivity index (χ1) is 14.9. The third-order valence-electron chi connectivity index (χ3n) is 5.29. The fourth-order valence-electron chi connectivity index (χ4n) is 4.03. The molecular weight excluding hydrogens is 528 g/mol. The summed E-state index contributed by atoms with van der Waals surface area (Å²) in [7, 11) is 1.32. The molecular formula is C23H16Br2N2O4. The van der Waals surface area contributed by atoms with Crippen LogP contribution in [0, 0.1) is 11.3 Å². The predicted molar refractivity (Wildman–Crippen MR) is 121 cm³/mol. The molecule has 0 aromatic heterocycles. The van der Waals surface area contributed by atoms with Gasteiger partial charge in [0.15, 0.2) is 12.4 Å². The van der Waals surface area contributed by atoms with Crippen LogP contribution in [-0.2, 0) is 9.53 Å². The Bertz CT molecular complexity index is 1220. The third kappa shape index (κ3) is 3.48. The van der Waals surface area contributed by atoms with Gasteiger partial charge in [-0.05, 0) is 56.5 Å². The zero-order chi connectivity index (χ0) is 22.3. The molecule has 2 aromatic rings. The molecule has 0 saturated heterocycles. The summed E-state index contributed by atoms with van der Waals surface area (Å²) >= 11 is 6.97. The zero-order valence-electron chi connectivity index (χ0n) is 16.6. The Morgan fingerprint density at radius 3 is 2.45 bits per heavy atom. The number of rotatable bonds is 4. The van der Waals surface area contributed by atoms with Gasteiger partial charge in [-0.25, -0.2) is 4.79 Å². The largest absolute Gasteiger partial charge is 0.476 e. The van der Waals surface area contributed by atoms with E-state index in [2.05, 4.69) is 37.2 Å². The molecule has 0 radical (unpaired) electrons. The van der Waals surface area contributed by atoms with E-state index in [4.69, 9.17) is 14.7 Å². The molecule has 31 heavy (non-hydrogen) atoms. The van der Waals surface area contributed by atoms with Gasteiger partial charge in [0.05, 0.1) is 27.3 Å². The van der Waals surface area contributed by atoms with E-state index >= 15 is 0 Å². The van der Waals surface area contributed by atoms with E-state index < -0.39 is 11.9 Å². The van der Waals surface area contributed by atoms with Crippen molar-refractivity contribution in [2.45, 2.75) is 12.8 Å². The molecule has 0 unspecified atom stereocenters. The number of carbonyl (C=O) groups excluding carboxylic acids is 2. The van der Waals surface area contributed by atoms with Crippen molar-refractivity contribution in [2.75, 3.05) is 13.7 Å². The van der Waals surface area contributed by atoms with Gasteiger partial charge in [0.2, 0.25) is 0 Å². The number of allylic oxidation sites excluding steroid dienone is 2. The summed E-state index contributed by atoms with van der Waals surface area (Å²) in [6, 6.07) is 12.9. The van der Waals surface area contributed by atoms with Crippen LogP contribution in [0.3, 0.4) is 0 Å². The molecule has 2 aromatic carbocycles. The zero-order valence-corrected chi connectivity index (χ0v) is 19.8. The maximum atomic E-state index is 13.4. The quantitative estimate of drug-likeness (QED) is 0.554. The fourth-order valence-corrected chi connectivity index (χ4v) is 5.48. The number of methoxy groups -OCH3 is 1. The molecule has 6 nitrogen and oxygen atoms in total. The number of halogens is 2. The van der Waals surface area contributed by atoms with Crippen LogP contribution in [0.2, 0.25) is 0 Å². The molecule has 1 N–H and O–H groups in total. The first-order valence-electron chi connectivity index (χ1n) is 9.32. The average Bonchev–Trinajstić information content (AvgIpc) is 3.03. The molecule has 1 aliphatic carbocycles. The number of nitrogens with zero attached hydrogens (tertiary/aromatic N) is 1. The monoisotopic (exact) mass is 542 g/mol. The summed E-state index contributed by atoms with van der Waals surface area (Å²) in [6.45, 7) is 1.68. The van der Waals surface area contributed by atoms with Crippen LogP contribution in [-0.4, -0.2) is 25.5 Å². The van der Waals surface area contributed by atoms with Crippen molar-refractivity contribution < 1.29 is 19.1 Å². The van der Waals surface area contributed by atoms with Gasteiger partial charge in [0.1, 0.15) is 11.8 Å². The number of ketones is 1. The van der Waals surface area contributed by atoms with Crippen molar-refractivity contribution in [3.8, 4) is 11.8 Å². The Morgan fingerprint density at radius 1 is 1.19 bits per heavy atom. The number of hydrogen-bond acceptors (Lipinski definition) is 6. The average molecular weight is 544 g/mol. The van der Waals surface area contributed by atoms with Gasteiger partial charge in [-0.2, -0.15) is 5.26 Å². The lowest BCUT2D eigenvalue weighted by atomic mass is 9.80. The minimum absolute atomic E-state index is 0.112. The SMILES string of the molecule is COC(=O)C1=C(C)NC2=C(C(=O)c3ccccc32)[C@@H]1c1cc(Br)c(OCC#N)c(Br)c1. The molecule has 1 aliphatic heterocycles. The standard InChI is InChI=1S/C23H16Br2N2O4/c1-11-17(23(29)30-2)18(12-9-15(24)22(16(25)10-12)31-8-7-26)19-20(27-11)13-5-3-4-6-14(13)21(19)28/h3-6,9-10,18,27H,8H2,1-2H3/t18-/m1/s1. The molecule has 1 heterocycles. The van der Waals surface area contributed by atoms with E-state index in [0.29, 0.717) is 48.4 Å². The highest BCUT2D eigenvalue weighted by molar-refractivity contribution is 9.11. The summed E-state index contributed by atoms with van der Waals surface area (Å²) in [6.07, 6.45) is 0. The summed E-state index contributed by atoms with van der Waals surface area (Å²) in [5, 5.41) is 12.1. The summed E-state index contributed by atoms with van der Waals surface area (Å²) in [5.41, 5.74) is 4.30. The molecule has 156 valence electrons. The summed E-state index contributed by atoms with van der Waals surface area (Å²) < 4.78 is 11.7. The smallest absolute Gasteiger partial charge is 0.336 e. The van der Waals surface area contributed by atoms with E-state index in [1.807, 2.05) is 24.3 Å². The van der Waals surface area contributed by atoms with E-state index in [9.17, 15) is 9.59 Å². The van der Waals surface area contributed by atoms with Crippen molar-refractivity contribution in [3.63, 3.8) is 0 Å². The molecule has 4 rings (SSSR count). The minimum Gasteiger partial charge on any atom is -0.476 e. The number of carbonyl (C=O) groups is 2. The lowest BCUT2D eigenvalue weighted by molar-refractivity contribution is -0.136. The maximum absolute atomic E-state index is 13.4. The Hall–Kier alpha value is -2.89. The minimum atomic E-state index is -0.638. The number of dihydropyridines is 1. The third-order valence-corrected chi connectivity index (χ3v) is 6.47. The van der Waals surface area contributed by atoms with Gasteiger partial charge in [-0.3, -0.25) is 4.79 Å². The van der Waals surface area contributed by atoms with Gasteiger partial charge in [0.25, 0.3) is 0 Å². The van der Waals surface area contributed by atoms with Crippen molar-refractivity contribution in [1.29, 1.82) is 5.26 Å². The normalized spacial score (nSPS) is 17.0. The Balaban J connectivity index is 1.92. The van der Waals surface area contributed by atoms with Crippen LogP contribution in [0.5, 0.6) is 5.75 Å². The number of fused-ring (bicyclic) bond motifs is 2. The topological polar surface area (TPSA) is 88.4 Å². The molecule has 0 saturated carbocycles. The number of esters is 1. The molecule has 2 aliphatic rings. The molecule has 0 bridgehead atoms. The molecule has 0 spiro atoms. The second kappa shape index (κ2) is 8.33. The van der Waals surface area contributed by atoms with E-state index in [-0.39, 0.29) is 12.4 Å². The fraction of sp³-hybridized carbons (Fsp3) is 0.174. The van der Waals surface area contributed by atoms with Crippen LogP contribution in [0.4, 0.5) is 0 Å². The number of nitrogens with one attached hydrogen (secondary N) is 1. The van der Waals surface area contributed by atoms with E-state index in [0.717, 1.165) is 5.56 Å². The van der Waals surface area contributed by atoms with Crippen molar-refractivity contribution in [3.05, 3.63) is 78.9 Å². The lowest BCUT2D eigenvalue weighted by Crippen LogP contribution is -2.29. The number of hydrogen-bond donors (Lipinski definition) is 1. The van der Waals surface area contributed by atoms with Gasteiger partial charge < -0.3 is 14.8 Å².